The summed E-state index contributed by atoms with van der Waals surface area (Å²) in [6.45, 7) is 10.4. The van der Waals surface area contributed by atoms with E-state index in [1.165, 1.54) is 18.2 Å². The Hall–Kier alpha value is -4.66. The minimum Gasteiger partial charge on any atom is -0.478 e. The van der Waals surface area contributed by atoms with Gasteiger partial charge in [-0.2, -0.15) is 0 Å². The summed E-state index contributed by atoms with van der Waals surface area (Å²) in [6, 6.07) is 13.9. The molecule has 3 aromatic rings. The molecule has 2 aliphatic rings. The first kappa shape index (κ1) is 26.9. The zero-order valence-electron chi connectivity index (χ0n) is 22.9. The molecule has 40 heavy (non-hydrogen) atoms. The van der Waals surface area contributed by atoms with E-state index in [9.17, 15) is 24.3 Å². The molecule has 1 spiro atoms. The molecular formula is C31H28O9. The third-order valence-corrected chi connectivity index (χ3v) is 6.65. The topological polar surface area (TPSA) is 125 Å². The van der Waals surface area contributed by atoms with Crippen LogP contribution >= 0.6 is 0 Å². The van der Waals surface area contributed by atoms with Crippen molar-refractivity contribution in [1.29, 1.82) is 0 Å². The van der Waals surface area contributed by atoms with Gasteiger partial charge in [0.05, 0.1) is 22.0 Å². The van der Waals surface area contributed by atoms with E-state index < -0.39 is 40.3 Å². The fourth-order valence-corrected chi connectivity index (χ4v) is 4.56. The van der Waals surface area contributed by atoms with Gasteiger partial charge in [0, 0.05) is 28.8 Å². The first-order chi connectivity index (χ1) is 18.6. The Morgan fingerprint density at radius 1 is 0.750 bits per heavy atom. The van der Waals surface area contributed by atoms with Crippen LogP contribution in [0.1, 0.15) is 78.9 Å². The highest BCUT2D eigenvalue weighted by atomic mass is 16.6. The Kier molecular flexibility index (Phi) is 6.02. The molecule has 2 heterocycles. The molecule has 206 valence electrons. The second-order valence-electron chi connectivity index (χ2n) is 11.8. The second kappa shape index (κ2) is 8.94. The highest BCUT2D eigenvalue weighted by Crippen LogP contribution is 2.57. The molecule has 1 N–H and O–H groups in total. The van der Waals surface area contributed by atoms with Crippen LogP contribution < -0.4 is 14.2 Å². The number of fused-ring (bicyclic) bond motifs is 6. The van der Waals surface area contributed by atoms with Gasteiger partial charge >= 0.3 is 23.9 Å². The molecule has 0 saturated carbocycles. The lowest BCUT2D eigenvalue weighted by atomic mass is 9.77. The van der Waals surface area contributed by atoms with Gasteiger partial charge in [-0.15, -0.1) is 0 Å². The summed E-state index contributed by atoms with van der Waals surface area (Å²) in [5.74, 6) is -2.16. The molecule has 5 rings (SSSR count). The van der Waals surface area contributed by atoms with Gasteiger partial charge in [0.15, 0.2) is 5.60 Å². The third kappa shape index (κ3) is 4.27. The van der Waals surface area contributed by atoms with Gasteiger partial charge in [0.2, 0.25) is 0 Å². The minimum absolute atomic E-state index is 0.0692. The van der Waals surface area contributed by atoms with Crippen molar-refractivity contribution in [1.82, 2.24) is 0 Å². The molecule has 0 fully saturated rings. The zero-order chi connectivity index (χ0) is 29.2. The molecule has 0 aromatic heterocycles. The highest BCUT2D eigenvalue weighted by Gasteiger charge is 2.55. The number of carboxylic acid groups (broad SMARTS) is 1. The van der Waals surface area contributed by atoms with Crippen LogP contribution in [0.25, 0.3) is 0 Å². The van der Waals surface area contributed by atoms with Gasteiger partial charge in [-0.25, -0.2) is 9.59 Å². The van der Waals surface area contributed by atoms with Gasteiger partial charge in [-0.1, -0.05) is 12.1 Å². The van der Waals surface area contributed by atoms with Crippen molar-refractivity contribution in [3.05, 3.63) is 82.4 Å². The van der Waals surface area contributed by atoms with Crippen molar-refractivity contribution in [3.63, 3.8) is 0 Å². The van der Waals surface area contributed by atoms with Crippen LogP contribution in [0, 0.1) is 10.8 Å². The SMILES string of the molecule is CC(C)(C)C(=O)Oc1ccc2c(c1)Oc1cc(OC(=O)C(C)(C)C)ccc1C21OC(=O)c2c(C(=O)O)cccc21. The van der Waals surface area contributed by atoms with E-state index in [0.717, 1.165) is 0 Å². The summed E-state index contributed by atoms with van der Waals surface area (Å²) in [6.07, 6.45) is 0. The number of rotatable bonds is 3. The number of carboxylic acids is 1. The zero-order valence-corrected chi connectivity index (χ0v) is 22.9. The molecule has 0 atom stereocenters. The van der Waals surface area contributed by atoms with Crippen molar-refractivity contribution in [2.24, 2.45) is 10.8 Å². The Balaban J connectivity index is 1.71. The van der Waals surface area contributed by atoms with E-state index in [-0.39, 0.29) is 34.1 Å². The van der Waals surface area contributed by atoms with Crippen molar-refractivity contribution >= 4 is 23.9 Å². The summed E-state index contributed by atoms with van der Waals surface area (Å²) in [5.41, 5.74) is -2.22. The average molecular weight is 545 g/mol. The average Bonchev–Trinajstić information content (AvgIpc) is 3.15. The largest absolute Gasteiger partial charge is 0.478 e. The van der Waals surface area contributed by atoms with Gasteiger partial charge in [0.1, 0.15) is 23.0 Å². The van der Waals surface area contributed by atoms with E-state index in [1.54, 1.807) is 77.9 Å². The number of benzene rings is 3. The molecule has 0 saturated heterocycles. The van der Waals surface area contributed by atoms with E-state index in [2.05, 4.69) is 0 Å². The lowest BCUT2D eigenvalue weighted by Crippen LogP contribution is -2.33. The first-order valence-electron chi connectivity index (χ1n) is 12.6. The van der Waals surface area contributed by atoms with Crippen molar-refractivity contribution in [2.75, 3.05) is 0 Å². The summed E-state index contributed by atoms with van der Waals surface area (Å²) >= 11 is 0. The second-order valence-corrected chi connectivity index (χ2v) is 11.8. The van der Waals surface area contributed by atoms with Crippen LogP contribution in [0.2, 0.25) is 0 Å². The molecule has 0 amide bonds. The fraction of sp³-hybridized carbons (Fsp3) is 0.290. The molecule has 0 bridgehead atoms. The monoisotopic (exact) mass is 544 g/mol. The van der Waals surface area contributed by atoms with Crippen LogP contribution in [-0.4, -0.2) is 29.0 Å². The number of ether oxygens (including phenoxy) is 4. The fourth-order valence-electron chi connectivity index (χ4n) is 4.56. The minimum atomic E-state index is -1.57. The van der Waals surface area contributed by atoms with E-state index in [0.29, 0.717) is 16.7 Å². The molecule has 0 radical (unpaired) electrons. The van der Waals surface area contributed by atoms with Gasteiger partial charge < -0.3 is 24.1 Å². The van der Waals surface area contributed by atoms with Gasteiger partial charge in [-0.05, 0) is 71.9 Å². The van der Waals surface area contributed by atoms with Gasteiger partial charge in [0.25, 0.3) is 0 Å². The van der Waals surface area contributed by atoms with Gasteiger partial charge in [-0.3, -0.25) is 9.59 Å². The number of hydrogen-bond donors (Lipinski definition) is 1. The molecular weight excluding hydrogens is 516 g/mol. The number of carbonyl (C=O) groups excluding carboxylic acids is 3. The Morgan fingerprint density at radius 3 is 1.70 bits per heavy atom. The van der Waals surface area contributed by atoms with Crippen LogP contribution in [0.5, 0.6) is 23.0 Å². The Bertz CT molecular complexity index is 1520. The predicted octanol–water partition coefficient (Wildman–Crippen LogP) is 5.86. The van der Waals surface area contributed by atoms with Crippen molar-refractivity contribution < 1.29 is 43.2 Å². The molecule has 3 aromatic carbocycles. The van der Waals surface area contributed by atoms with Crippen LogP contribution in [0.4, 0.5) is 0 Å². The van der Waals surface area contributed by atoms with Crippen molar-refractivity contribution in [2.45, 2.75) is 47.1 Å². The smallest absolute Gasteiger partial charge is 0.341 e. The Labute approximate surface area is 230 Å². The third-order valence-electron chi connectivity index (χ3n) is 6.65. The molecule has 0 unspecified atom stereocenters. The maximum Gasteiger partial charge on any atom is 0.341 e. The van der Waals surface area contributed by atoms with E-state index in [4.69, 9.17) is 18.9 Å². The molecule has 9 heteroatoms. The number of carbonyl (C=O) groups is 4. The molecule has 9 nitrogen and oxygen atoms in total. The van der Waals surface area contributed by atoms with Crippen molar-refractivity contribution in [3.8, 4) is 23.0 Å². The lowest BCUT2D eigenvalue weighted by Gasteiger charge is -2.36. The van der Waals surface area contributed by atoms with Crippen LogP contribution in [0.3, 0.4) is 0 Å². The maximum absolute atomic E-state index is 13.3. The first-order valence-corrected chi connectivity index (χ1v) is 12.6. The standard InChI is InChI=1S/C31H28O9/c1-29(2,3)27(35)37-16-10-12-19-22(14-16)39-23-15-17(38-28(36)30(4,5)6)11-13-20(23)31(19)21-9-7-8-18(25(32)33)24(21)26(34)40-31/h7-15H,1-6H3,(H,32,33). The Morgan fingerprint density at radius 2 is 1.25 bits per heavy atom. The lowest BCUT2D eigenvalue weighted by molar-refractivity contribution is -0.143. The summed E-state index contributed by atoms with van der Waals surface area (Å²) in [4.78, 5) is 50.4. The summed E-state index contributed by atoms with van der Waals surface area (Å²) in [5, 5.41) is 9.79. The predicted molar refractivity (Wildman–Crippen MR) is 142 cm³/mol. The summed E-state index contributed by atoms with van der Waals surface area (Å²) in [7, 11) is 0. The molecule has 2 aliphatic heterocycles. The van der Waals surface area contributed by atoms with E-state index in [1.807, 2.05) is 0 Å². The van der Waals surface area contributed by atoms with E-state index >= 15 is 0 Å². The van der Waals surface area contributed by atoms with Crippen LogP contribution in [0.15, 0.2) is 54.6 Å². The normalized spacial score (nSPS) is 14.8. The molecule has 0 aliphatic carbocycles. The van der Waals surface area contributed by atoms with Crippen LogP contribution in [-0.2, 0) is 19.9 Å². The number of hydrogen-bond acceptors (Lipinski definition) is 8. The number of esters is 3. The maximum atomic E-state index is 13.3. The number of aromatic carboxylic acids is 1. The summed E-state index contributed by atoms with van der Waals surface area (Å²) < 4.78 is 23.4. The quantitative estimate of drug-likeness (QED) is 0.319. The highest BCUT2D eigenvalue weighted by molar-refractivity contribution is 6.06.